The van der Waals surface area contributed by atoms with E-state index in [1.807, 2.05) is 6.92 Å². The van der Waals surface area contributed by atoms with E-state index < -0.39 is 0 Å². The summed E-state index contributed by atoms with van der Waals surface area (Å²) in [6.07, 6.45) is 0. The van der Waals surface area contributed by atoms with E-state index in [0.717, 1.165) is 10.0 Å². The normalized spacial score (nSPS) is 13.3. The van der Waals surface area contributed by atoms with E-state index in [1.165, 1.54) is 4.88 Å². The highest BCUT2D eigenvalue weighted by Crippen LogP contribution is 2.29. The fourth-order valence-corrected chi connectivity index (χ4v) is 3.18. The highest BCUT2D eigenvalue weighted by molar-refractivity contribution is 8.01. The van der Waals surface area contributed by atoms with Gasteiger partial charge in [-0.2, -0.15) is 0 Å². The predicted molar refractivity (Wildman–Crippen MR) is 57.6 cm³/mol. The van der Waals surface area contributed by atoms with Crippen LogP contribution in [0.2, 0.25) is 0 Å². The molecule has 0 amide bonds. The number of thioether (sulfide) groups is 1. The van der Waals surface area contributed by atoms with Gasteiger partial charge in [0.15, 0.2) is 4.34 Å². The van der Waals surface area contributed by atoms with Gasteiger partial charge in [0, 0.05) is 16.0 Å². The van der Waals surface area contributed by atoms with Crippen molar-refractivity contribution in [2.75, 3.05) is 5.88 Å². The Kier molecular flexibility index (Phi) is 3.87. The van der Waals surface area contributed by atoms with E-state index in [1.54, 1.807) is 23.1 Å². The number of hydrogen-bond acceptors (Lipinski definition) is 3. The van der Waals surface area contributed by atoms with Crippen molar-refractivity contribution in [2.24, 2.45) is 0 Å². The maximum Gasteiger partial charge on any atom is 0.150 e. The van der Waals surface area contributed by atoms with Gasteiger partial charge in [-0.05, 0) is 13.8 Å². The maximum atomic E-state index is 5.70. The molecule has 0 fully saturated rings. The molecule has 0 aliphatic heterocycles. The quantitative estimate of drug-likeness (QED) is 0.573. The van der Waals surface area contributed by atoms with E-state index in [4.69, 9.17) is 11.6 Å². The third-order valence-electron chi connectivity index (χ3n) is 1.53. The lowest BCUT2D eigenvalue weighted by Gasteiger charge is -2.01. The van der Waals surface area contributed by atoms with Crippen molar-refractivity contribution < 1.29 is 0 Å². The second-order valence-electron chi connectivity index (χ2n) is 2.70. The molecule has 1 rings (SSSR count). The van der Waals surface area contributed by atoms with Crippen molar-refractivity contribution in [2.45, 2.75) is 30.4 Å². The molecule has 0 radical (unpaired) electrons. The second kappa shape index (κ2) is 4.49. The molecular formula is C8H12ClNS2. The highest BCUT2D eigenvalue weighted by Gasteiger charge is 2.07. The molecule has 68 valence electrons. The van der Waals surface area contributed by atoms with Crippen LogP contribution in [-0.4, -0.2) is 16.1 Å². The largest absolute Gasteiger partial charge is 0.235 e. The van der Waals surface area contributed by atoms with Crippen LogP contribution in [0.15, 0.2) is 4.34 Å². The first kappa shape index (κ1) is 10.4. The smallest absolute Gasteiger partial charge is 0.150 e. The number of thiazole rings is 1. The lowest BCUT2D eigenvalue weighted by atomic mass is 10.4. The van der Waals surface area contributed by atoms with Gasteiger partial charge in [0.05, 0.1) is 5.69 Å². The Bertz CT molecular complexity index is 240. The van der Waals surface area contributed by atoms with E-state index >= 15 is 0 Å². The fourth-order valence-electron chi connectivity index (χ4n) is 0.697. The van der Waals surface area contributed by atoms with Crippen LogP contribution in [0.4, 0.5) is 0 Å². The minimum atomic E-state index is 0.455. The first-order valence-corrected chi connectivity index (χ1v) is 6.03. The van der Waals surface area contributed by atoms with Crippen molar-refractivity contribution in [3.8, 4) is 0 Å². The molecule has 1 unspecified atom stereocenters. The summed E-state index contributed by atoms with van der Waals surface area (Å²) in [5.74, 6) is 0.683. The predicted octanol–water partition coefficient (Wildman–Crippen LogP) is 3.48. The minimum absolute atomic E-state index is 0.455. The Balaban J connectivity index is 2.64. The second-order valence-corrected chi connectivity index (χ2v) is 5.90. The number of rotatable bonds is 3. The van der Waals surface area contributed by atoms with Gasteiger partial charge in [0.25, 0.3) is 0 Å². The molecule has 1 heterocycles. The number of aromatic nitrogens is 1. The van der Waals surface area contributed by atoms with Crippen LogP contribution in [0, 0.1) is 13.8 Å². The third kappa shape index (κ3) is 2.64. The summed E-state index contributed by atoms with van der Waals surface area (Å²) in [5, 5.41) is 0.455. The Morgan fingerprint density at radius 2 is 2.25 bits per heavy atom. The summed E-state index contributed by atoms with van der Waals surface area (Å²) in [6.45, 7) is 6.26. The molecule has 0 aromatic carbocycles. The molecule has 0 spiro atoms. The van der Waals surface area contributed by atoms with Gasteiger partial charge in [0.1, 0.15) is 0 Å². The monoisotopic (exact) mass is 221 g/mol. The molecule has 1 aromatic heterocycles. The standard InChI is InChI=1S/C8H12ClNS2/c1-5(4-9)11-8-10-6(2)7(3)12-8/h5H,4H2,1-3H3. The summed E-state index contributed by atoms with van der Waals surface area (Å²) in [6, 6.07) is 0. The first-order valence-electron chi connectivity index (χ1n) is 3.80. The molecule has 12 heavy (non-hydrogen) atoms. The number of hydrogen-bond donors (Lipinski definition) is 0. The molecule has 0 bridgehead atoms. The maximum absolute atomic E-state index is 5.70. The molecule has 0 saturated heterocycles. The lowest BCUT2D eigenvalue weighted by molar-refractivity contribution is 1.09. The number of alkyl halides is 1. The summed E-state index contributed by atoms with van der Waals surface area (Å²) >= 11 is 9.21. The van der Waals surface area contributed by atoms with Crippen LogP contribution < -0.4 is 0 Å². The molecule has 1 atom stereocenters. The number of halogens is 1. The summed E-state index contributed by atoms with van der Waals surface area (Å²) < 4.78 is 1.14. The molecule has 0 N–H and O–H groups in total. The zero-order chi connectivity index (χ0) is 9.14. The van der Waals surface area contributed by atoms with Crippen molar-refractivity contribution in [1.82, 2.24) is 4.98 Å². The third-order valence-corrected chi connectivity index (χ3v) is 4.44. The number of nitrogens with zero attached hydrogens (tertiary/aromatic N) is 1. The summed E-state index contributed by atoms with van der Waals surface area (Å²) in [4.78, 5) is 5.73. The van der Waals surface area contributed by atoms with Gasteiger partial charge in [-0.1, -0.05) is 18.7 Å². The SMILES string of the molecule is Cc1nc(SC(C)CCl)sc1C. The van der Waals surface area contributed by atoms with Gasteiger partial charge in [-0.25, -0.2) is 4.98 Å². The topological polar surface area (TPSA) is 12.9 Å². The zero-order valence-corrected chi connectivity index (χ0v) is 9.82. The Labute approximate surface area is 86.5 Å². The van der Waals surface area contributed by atoms with Crippen LogP contribution in [0.3, 0.4) is 0 Å². The molecule has 0 saturated carbocycles. The van der Waals surface area contributed by atoms with Crippen molar-refractivity contribution in [3.05, 3.63) is 10.6 Å². The van der Waals surface area contributed by atoms with Gasteiger partial charge < -0.3 is 0 Å². The van der Waals surface area contributed by atoms with Crippen LogP contribution in [-0.2, 0) is 0 Å². The first-order chi connectivity index (χ1) is 5.63. The average Bonchev–Trinajstić information content (AvgIpc) is 2.31. The molecule has 0 aliphatic carbocycles. The minimum Gasteiger partial charge on any atom is -0.235 e. The average molecular weight is 222 g/mol. The van der Waals surface area contributed by atoms with E-state index in [2.05, 4.69) is 18.8 Å². The van der Waals surface area contributed by atoms with Crippen molar-refractivity contribution in [1.29, 1.82) is 0 Å². The molecule has 4 heteroatoms. The molecule has 1 aromatic rings. The van der Waals surface area contributed by atoms with Gasteiger partial charge >= 0.3 is 0 Å². The Hall–Kier alpha value is 0.270. The van der Waals surface area contributed by atoms with Crippen molar-refractivity contribution >= 4 is 34.7 Å². The fraction of sp³-hybridized carbons (Fsp3) is 0.625. The number of aryl methyl sites for hydroxylation is 2. The van der Waals surface area contributed by atoms with E-state index in [0.29, 0.717) is 11.1 Å². The zero-order valence-electron chi connectivity index (χ0n) is 7.43. The van der Waals surface area contributed by atoms with Crippen molar-refractivity contribution in [3.63, 3.8) is 0 Å². The molecule has 1 nitrogen and oxygen atoms in total. The van der Waals surface area contributed by atoms with Crippen LogP contribution in [0.5, 0.6) is 0 Å². The van der Waals surface area contributed by atoms with E-state index in [9.17, 15) is 0 Å². The van der Waals surface area contributed by atoms with Crippen LogP contribution in [0.1, 0.15) is 17.5 Å². The highest BCUT2D eigenvalue weighted by atomic mass is 35.5. The summed E-state index contributed by atoms with van der Waals surface area (Å²) in [5.41, 5.74) is 1.14. The Morgan fingerprint density at radius 1 is 1.58 bits per heavy atom. The summed E-state index contributed by atoms with van der Waals surface area (Å²) in [7, 11) is 0. The lowest BCUT2D eigenvalue weighted by Crippen LogP contribution is -1.95. The molecule has 0 aliphatic rings. The Morgan fingerprint density at radius 3 is 2.67 bits per heavy atom. The molecular weight excluding hydrogens is 210 g/mol. The van der Waals surface area contributed by atoms with Gasteiger partial charge in [-0.15, -0.1) is 22.9 Å². The van der Waals surface area contributed by atoms with E-state index in [-0.39, 0.29) is 0 Å². The van der Waals surface area contributed by atoms with Gasteiger partial charge in [-0.3, -0.25) is 0 Å². The van der Waals surface area contributed by atoms with Crippen LogP contribution >= 0.6 is 34.7 Å². The van der Waals surface area contributed by atoms with Gasteiger partial charge in [0.2, 0.25) is 0 Å². The van der Waals surface area contributed by atoms with Crippen LogP contribution in [0.25, 0.3) is 0 Å².